The van der Waals surface area contributed by atoms with E-state index in [1.54, 1.807) is 12.1 Å². The fraction of sp³-hybridized carbons (Fsp3) is 0.235. The van der Waals surface area contributed by atoms with Gasteiger partial charge in [0.05, 0.1) is 11.4 Å². The molecule has 0 bridgehead atoms. The van der Waals surface area contributed by atoms with Crippen LogP contribution in [0, 0.1) is 0 Å². The summed E-state index contributed by atoms with van der Waals surface area (Å²) in [5.41, 5.74) is 2.04. The van der Waals surface area contributed by atoms with Crippen molar-refractivity contribution in [1.29, 1.82) is 0 Å². The first kappa shape index (κ1) is 13.8. The number of anilines is 1. The van der Waals surface area contributed by atoms with E-state index in [-0.39, 0.29) is 11.7 Å². The van der Waals surface area contributed by atoms with E-state index in [1.807, 2.05) is 12.1 Å². The number of fused-ring (bicyclic) bond motifs is 2. The van der Waals surface area contributed by atoms with Crippen molar-refractivity contribution in [2.45, 2.75) is 25.3 Å². The normalized spacial score (nSPS) is 17.0. The Kier molecular flexibility index (Phi) is 3.22. The standard InChI is InChI=1S/C17H16N4O2/c22-17-20-15(13-8-4-10-18-16(13)21(17)23)19-14-9-3-6-11-5-1-2-7-12(11)14/h1-2,4-5,7-8,10,14,23H,3,6,9H2,(H,19,20,22)/t14-/m0/s1. The van der Waals surface area contributed by atoms with Crippen molar-refractivity contribution in [3.63, 3.8) is 0 Å². The van der Waals surface area contributed by atoms with Crippen LogP contribution in [0.25, 0.3) is 11.0 Å². The van der Waals surface area contributed by atoms with Crippen LogP contribution in [0.2, 0.25) is 0 Å². The smallest absolute Gasteiger partial charge is 0.384 e. The van der Waals surface area contributed by atoms with E-state index in [9.17, 15) is 10.0 Å². The third kappa shape index (κ3) is 2.32. The molecule has 0 amide bonds. The molecular weight excluding hydrogens is 292 g/mol. The number of benzene rings is 1. The minimum atomic E-state index is -0.734. The Balaban J connectivity index is 1.80. The second kappa shape index (κ2) is 5.39. The summed E-state index contributed by atoms with van der Waals surface area (Å²) in [6.07, 6.45) is 4.67. The number of nitrogens with zero attached hydrogens (tertiary/aromatic N) is 3. The van der Waals surface area contributed by atoms with Crippen molar-refractivity contribution in [2.24, 2.45) is 0 Å². The van der Waals surface area contributed by atoms with Gasteiger partial charge in [-0.25, -0.2) is 9.78 Å². The molecule has 2 aromatic heterocycles. The Morgan fingerprint density at radius 2 is 2.09 bits per heavy atom. The van der Waals surface area contributed by atoms with E-state index in [4.69, 9.17) is 0 Å². The lowest BCUT2D eigenvalue weighted by molar-refractivity contribution is 0.182. The van der Waals surface area contributed by atoms with Crippen LogP contribution in [-0.2, 0) is 6.42 Å². The van der Waals surface area contributed by atoms with E-state index in [0.717, 1.165) is 19.3 Å². The van der Waals surface area contributed by atoms with Gasteiger partial charge in [-0.2, -0.15) is 4.98 Å². The molecule has 0 saturated heterocycles. The van der Waals surface area contributed by atoms with Crippen LogP contribution in [0.4, 0.5) is 5.82 Å². The molecule has 23 heavy (non-hydrogen) atoms. The summed E-state index contributed by atoms with van der Waals surface area (Å²) in [6.45, 7) is 0. The molecule has 0 saturated carbocycles. The molecule has 1 atom stereocenters. The van der Waals surface area contributed by atoms with Crippen molar-refractivity contribution in [2.75, 3.05) is 5.32 Å². The Bertz CT molecular complexity index is 935. The molecule has 0 radical (unpaired) electrons. The molecule has 1 aliphatic carbocycles. The highest BCUT2D eigenvalue weighted by molar-refractivity contribution is 5.86. The summed E-state index contributed by atoms with van der Waals surface area (Å²) >= 11 is 0. The molecule has 116 valence electrons. The highest BCUT2D eigenvalue weighted by Gasteiger charge is 2.21. The summed E-state index contributed by atoms with van der Waals surface area (Å²) < 4.78 is 0.481. The number of hydrogen-bond acceptors (Lipinski definition) is 5. The largest absolute Gasteiger partial charge is 0.422 e. The monoisotopic (exact) mass is 308 g/mol. The summed E-state index contributed by atoms with van der Waals surface area (Å²) in [6, 6.07) is 12.0. The molecule has 1 aromatic carbocycles. The predicted octanol–water partition coefficient (Wildman–Crippen LogP) is 2.52. The first-order valence-electron chi connectivity index (χ1n) is 7.65. The molecule has 1 aliphatic rings. The van der Waals surface area contributed by atoms with Gasteiger partial charge in [0.15, 0.2) is 5.65 Å². The van der Waals surface area contributed by atoms with Gasteiger partial charge >= 0.3 is 5.69 Å². The van der Waals surface area contributed by atoms with Crippen molar-refractivity contribution in [1.82, 2.24) is 14.7 Å². The molecule has 0 spiro atoms. The minimum Gasteiger partial charge on any atom is -0.422 e. The molecular formula is C17H16N4O2. The van der Waals surface area contributed by atoms with E-state index >= 15 is 0 Å². The first-order valence-corrected chi connectivity index (χ1v) is 7.65. The Labute approximate surface area is 132 Å². The third-order valence-corrected chi connectivity index (χ3v) is 4.31. The van der Waals surface area contributed by atoms with Gasteiger partial charge in [0.1, 0.15) is 5.82 Å². The molecule has 2 heterocycles. The second-order valence-electron chi connectivity index (χ2n) is 5.72. The minimum absolute atomic E-state index is 0.102. The molecule has 6 heteroatoms. The Morgan fingerprint density at radius 3 is 3.00 bits per heavy atom. The number of nitrogens with one attached hydrogen (secondary N) is 1. The highest BCUT2D eigenvalue weighted by Crippen LogP contribution is 2.33. The van der Waals surface area contributed by atoms with E-state index in [0.29, 0.717) is 15.9 Å². The average molecular weight is 308 g/mol. The van der Waals surface area contributed by atoms with Crippen molar-refractivity contribution in [3.05, 3.63) is 64.2 Å². The van der Waals surface area contributed by atoms with Gasteiger partial charge in [-0.05, 0) is 42.5 Å². The molecule has 0 aliphatic heterocycles. The molecule has 4 rings (SSSR count). The topological polar surface area (TPSA) is 80.0 Å². The number of pyridine rings is 1. The number of rotatable bonds is 2. The van der Waals surface area contributed by atoms with E-state index < -0.39 is 5.69 Å². The molecule has 0 fully saturated rings. The van der Waals surface area contributed by atoms with Gasteiger partial charge in [0.2, 0.25) is 0 Å². The zero-order valence-electron chi connectivity index (χ0n) is 12.4. The molecule has 6 nitrogen and oxygen atoms in total. The maximum atomic E-state index is 11.9. The summed E-state index contributed by atoms with van der Waals surface area (Å²) in [4.78, 5) is 19.9. The third-order valence-electron chi connectivity index (χ3n) is 4.31. The van der Waals surface area contributed by atoms with Gasteiger partial charge < -0.3 is 10.5 Å². The summed E-state index contributed by atoms with van der Waals surface area (Å²) in [7, 11) is 0. The second-order valence-corrected chi connectivity index (χ2v) is 5.72. The zero-order chi connectivity index (χ0) is 15.8. The van der Waals surface area contributed by atoms with Crippen LogP contribution in [0.15, 0.2) is 47.4 Å². The average Bonchev–Trinajstić information content (AvgIpc) is 2.60. The zero-order valence-corrected chi connectivity index (χ0v) is 12.4. The van der Waals surface area contributed by atoms with Crippen LogP contribution in [0.3, 0.4) is 0 Å². The van der Waals surface area contributed by atoms with Crippen molar-refractivity contribution in [3.8, 4) is 0 Å². The lowest BCUT2D eigenvalue weighted by Crippen LogP contribution is -2.25. The van der Waals surface area contributed by atoms with Crippen molar-refractivity contribution < 1.29 is 5.21 Å². The van der Waals surface area contributed by atoms with Crippen LogP contribution < -0.4 is 11.0 Å². The molecule has 0 unspecified atom stereocenters. The van der Waals surface area contributed by atoms with Gasteiger partial charge in [-0.1, -0.05) is 24.3 Å². The fourth-order valence-electron chi connectivity index (χ4n) is 3.22. The number of hydrogen-bond donors (Lipinski definition) is 2. The molecule has 3 aromatic rings. The van der Waals surface area contributed by atoms with Crippen LogP contribution in [0.5, 0.6) is 0 Å². The highest BCUT2D eigenvalue weighted by atomic mass is 16.5. The lowest BCUT2D eigenvalue weighted by Gasteiger charge is -2.27. The van der Waals surface area contributed by atoms with Crippen LogP contribution in [0.1, 0.15) is 30.0 Å². The van der Waals surface area contributed by atoms with Gasteiger partial charge in [0.25, 0.3) is 0 Å². The van der Waals surface area contributed by atoms with Crippen LogP contribution >= 0.6 is 0 Å². The maximum Gasteiger partial charge on any atom is 0.384 e. The van der Waals surface area contributed by atoms with Gasteiger partial charge in [-0.15, -0.1) is 4.73 Å². The summed E-state index contributed by atoms with van der Waals surface area (Å²) in [5.74, 6) is 0.463. The maximum absolute atomic E-state index is 11.9. The Hall–Kier alpha value is -2.89. The quantitative estimate of drug-likeness (QED) is 0.711. The number of aryl methyl sites for hydroxylation is 1. The van der Waals surface area contributed by atoms with Gasteiger partial charge in [0, 0.05) is 6.20 Å². The number of aromatic nitrogens is 3. The Morgan fingerprint density at radius 1 is 1.22 bits per heavy atom. The van der Waals surface area contributed by atoms with Crippen molar-refractivity contribution >= 4 is 16.9 Å². The molecule has 2 N–H and O–H groups in total. The predicted molar refractivity (Wildman–Crippen MR) is 86.7 cm³/mol. The summed E-state index contributed by atoms with van der Waals surface area (Å²) in [5, 5.41) is 13.8. The van der Waals surface area contributed by atoms with E-state index in [1.165, 1.54) is 17.3 Å². The van der Waals surface area contributed by atoms with Gasteiger partial charge in [-0.3, -0.25) is 0 Å². The SMILES string of the molecule is O=c1nc(N[C@H]2CCCc3ccccc32)c2cccnc2n1O. The van der Waals surface area contributed by atoms with E-state index in [2.05, 4.69) is 27.4 Å². The lowest BCUT2D eigenvalue weighted by atomic mass is 9.88. The first-order chi connectivity index (χ1) is 11.2. The fourth-order valence-corrected chi connectivity index (χ4v) is 3.22. The van der Waals surface area contributed by atoms with Crippen LogP contribution in [-0.4, -0.2) is 19.9 Å².